The minimum absolute atomic E-state index is 0. The Balaban J connectivity index is 0.00000280. The molecule has 2 aromatic rings. The maximum atomic E-state index is 4.50. The molecule has 154 valence electrons. The number of aryl methyl sites for hydroxylation is 3. The highest BCUT2D eigenvalue weighted by Gasteiger charge is 2.21. The minimum atomic E-state index is 0. The van der Waals surface area contributed by atoms with Crippen LogP contribution in [0.3, 0.4) is 0 Å². The molecule has 1 unspecified atom stereocenters. The molecule has 28 heavy (non-hydrogen) atoms. The van der Waals surface area contributed by atoms with E-state index in [1.165, 1.54) is 29.0 Å². The molecule has 2 heterocycles. The number of rotatable bonds is 5. The number of aromatic nitrogens is 1. The molecule has 1 aromatic carbocycles. The van der Waals surface area contributed by atoms with Crippen molar-refractivity contribution >= 4 is 47.0 Å². The van der Waals surface area contributed by atoms with Crippen LogP contribution in [0.2, 0.25) is 0 Å². The third-order valence-corrected chi connectivity index (χ3v) is 6.16. The van der Waals surface area contributed by atoms with Crippen molar-refractivity contribution in [1.29, 1.82) is 0 Å². The number of hydrogen-bond acceptors (Lipinski definition) is 4. The number of benzene rings is 1. The van der Waals surface area contributed by atoms with Crippen molar-refractivity contribution in [1.82, 2.24) is 15.6 Å². The molecule has 0 bridgehead atoms. The molecule has 3 rings (SSSR count). The van der Waals surface area contributed by atoms with Crippen LogP contribution in [0.25, 0.3) is 0 Å². The topological polar surface area (TPSA) is 52.6 Å². The zero-order valence-electron chi connectivity index (χ0n) is 17.3. The van der Waals surface area contributed by atoms with Gasteiger partial charge >= 0.3 is 0 Å². The molecule has 5 nitrogen and oxygen atoms in total. The largest absolute Gasteiger partial charge is 0.369 e. The molecule has 0 spiro atoms. The van der Waals surface area contributed by atoms with Crippen LogP contribution in [0.1, 0.15) is 34.0 Å². The summed E-state index contributed by atoms with van der Waals surface area (Å²) >= 11 is 1.79. The molecule has 1 fully saturated rings. The van der Waals surface area contributed by atoms with Gasteiger partial charge in [-0.3, -0.25) is 4.99 Å². The standard InChI is InChI=1S/C21H31N5S.HI/c1-15-7-9-19(10-8-15)26-13-5-6-18(14-26)25-21(22-4)23-12-11-20-16(2)24-17(3)27-20;/h7-10,18H,5-6,11-14H2,1-4H3,(H2,22,23,25);1H. The van der Waals surface area contributed by atoms with Gasteiger partial charge in [-0.05, 0) is 45.7 Å². The quantitative estimate of drug-likeness (QED) is 0.360. The monoisotopic (exact) mass is 513 g/mol. The van der Waals surface area contributed by atoms with Gasteiger partial charge in [0.2, 0.25) is 0 Å². The fraction of sp³-hybridized carbons (Fsp3) is 0.524. The molecule has 1 saturated heterocycles. The summed E-state index contributed by atoms with van der Waals surface area (Å²) in [7, 11) is 1.85. The number of hydrogen-bond donors (Lipinski definition) is 2. The van der Waals surface area contributed by atoms with E-state index in [1.807, 2.05) is 7.05 Å². The van der Waals surface area contributed by atoms with E-state index in [4.69, 9.17) is 0 Å². The van der Waals surface area contributed by atoms with E-state index in [2.05, 4.69) is 70.5 Å². The highest BCUT2D eigenvalue weighted by atomic mass is 127. The molecule has 0 saturated carbocycles. The van der Waals surface area contributed by atoms with E-state index in [-0.39, 0.29) is 24.0 Å². The van der Waals surface area contributed by atoms with Gasteiger partial charge in [0.1, 0.15) is 0 Å². The second-order valence-electron chi connectivity index (χ2n) is 7.26. The first-order chi connectivity index (χ1) is 13.0. The average Bonchev–Trinajstić information content (AvgIpc) is 2.99. The van der Waals surface area contributed by atoms with Gasteiger partial charge in [-0.2, -0.15) is 0 Å². The molecule has 1 aliphatic heterocycles. The molecule has 0 amide bonds. The predicted octanol–water partition coefficient (Wildman–Crippen LogP) is 4.06. The zero-order valence-corrected chi connectivity index (χ0v) is 20.4. The molecular weight excluding hydrogens is 481 g/mol. The van der Waals surface area contributed by atoms with Crippen molar-refractivity contribution < 1.29 is 0 Å². The van der Waals surface area contributed by atoms with Crippen molar-refractivity contribution in [3.63, 3.8) is 0 Å². The highest BCUT2D eigenvalue weighted by Crippen LogP contribution is 2.20. The van der Waals surface area contributed by atoms with E-state index in [0.717, 1.165) is 42.7 Å². The van der Waals surface area contributed by atoms with E-state index < -0.39 is 0 Å². The molecule has 0 radical (unpaired) electrons. The fourth-order valence-electron chi connectivity index (χ4n) is 3.57. The number of halogens is 1. The number of nitrogens with zero attached hydrogens (tertiary/aromatic N) is 3. The summed E-state index contributed by atoms with van der Waals surface area (Å²) in [5, 5.41) is 8.21. The van der Waals surface area contributed by atoms with Crippen molar-refractivity contribution in [2.45, 2.75) is 46.1 Å². The molecule has 2 N–H and O–H groups in total. The molecular formula is C21H32IN5S. The van der Waals surface area contributed by atoms with Crippen LogP contribution in [0.4, 0.5) is 5.69 Å². The Hall–Kier alpha value is -1.35. The predicted molar refractivity (Wildman–Crippen MR) is 132 cm³/mol. The number of piperidine rings is 1. The first kappa shape index (κ1) is 22.9. The lowest BCUT2D eigenvalue weighted by Gasteiger charge is -2.35. The Kier molecular flexibility index (Phi) is 9.01. The third-order valence-electron chi connectivity index (χ3n) is 5.03. The number of nitrogens with one attached hydrogen (secondary N) is 2. The van der Waals surface area contributed by atoms with Crippen LogP contribution >= 0.6 is 35.3 Å². The smallest absolute Gasteiger partial charge is 0.191 e. The van der Waals surface area contributed by atoms with Gasteiger partial charge in [0, 0.05) is 49.7 Å². The Bertz CT molecular complexity index is 772. The van der Waals surface area contributed by atoms with Crippen molar-refractivity contribution in [3.05, 3.63) is 45.4 Å². The van der Waals surface area contributed by atoms with E-state index in [0.29, 0.717) is 6.04 Å². The minimum Gasteiger partial charge on any atom is -0.369 e. The summed E-state index contributed by atoms with van der Waals surface area (Å²) in [5.74, 6) is 0.893. The summed E-state index contributed by atoms with van der Waals surface area (Å²) in [6.45, 7) is 9.30. The number of anilines is 1. The molecule has 1 aliphatic rings. The van der Waals surface area contributed by atoms with Gasteiger partial charge in [0.25, 0.3) is 0 Å². The van der Waals surface area contributed by atoms with Gasteiger partial charge in [0.15, 0.2) is 5.96 Å². The fourth-order valence-corrected chi connectivity index (χ4v) is 4.51. The lowest BCUT2D eigenvalue weighted by atomic mass is 10.0. The maximum absolute atomic E-state index is 4.50. The number of aliphatic imine (C=N–C) groups is 1. The Morgan fingerprint density at radius 1 is 1.25 bits per heavy atom. The van der Waals surface area contributed by atoms with Gasteiger partial charge in [-0.15, -0.1) is 35.3 Å². The zero-order chi connectivity index (χ0) is 19.2. The van der Waals surface area contributed by atoms with Crippen LogP contribution in [0, 0.1) is 20.8 Å². The normalized spacial score (nSPS) is 17.2. The average molecular weight is 513 g/mol. The molecule has 1 aromatic heterocycles. The van der Waals surface area contributed by atoms with Crippen LogP contribution in [-0.4, -0.2) is 43.7 Å². The van der Waals surface area contributed by atoms with Gasteiger partial charge < -0.3 is 15.5 Å². The van der Waals surface area contributed by atoms with E-state index in [1.54, 1.807) is 11.3 Å². The second kappa shape index (κ2) is 11.0. The summed E-state index contributed by atoms with van der Waals surface area (Å²) in [4.78, 5) is 12.7. The summed E-state index contributed by atoms with van der Waals surface area (Å²) in [5.41, 5.74) is 3.77. The molecule has 0 aliphatic carbocycles. The lowest BCUT2D eigenvalue weighted by molar-refractivity contribution is 0.468. The second-order valence-corrected chi connectivity index (χ2v) is 8.54. The SMILES string of the molecule is CN=C(NCCc1sc(C)nc1C)NC1CCCN(c2ccc(C)cc2)C1.I. The Morgan fingerprint density at radius 2 is 2.00 bits per heavy atom. The lowest BCUT2D eigenvalue weighted by Crippen LogP contribution is -2.51. The summed E-state index contributed by atoms with van der Waals surface area (Å²) in [6.07, 6.45) is 3.36. The number of guanidine groups is 1. The van der Waals surface area contributed by atoms with E-state index in [9.17, 15) is 0 Å². The first-order valence-electron chi connectivity index (χ1n) is 9.77. The van der Waals surface area contributed by atoms with Crippen molar-refractivity contribution in [3.8, 4) is 0 Å². The number of thiazole rings is 1. The Labute approximate surface area is 190 Å². The maximum Gasteiger partial charge on any atom is 0.191 e. The van der Waals surface area contributed by atoms with E-state index >= 15 is 0 Å². The first-order valence-corrected chi connectivity index (χ1v) is 10.6. The summed E-state index contributed by atoms with van der Waals surface area (Å²) in [6, 6.07) is 9.25. The third kappa shape index (κ3) is 6.34. The van der Waals surface area contributed by atoms with Crippen molar-refractivity contribution in [2.75, 3.05) is 31.6 Å². The Morgan fingerprint density at radius 3 is 2.64 bits per heavy atom. The van der Waals surface area contributed by atoms with Crippen LogP contribution in [0.5, 0.6) is 0 Å². The highest BCUT2D eigenvalue weighted by molar-refractivity contribution is 14.0. The van der Waals surface area contributed by atoms with Crippen LogP contribution in [0.15, 0.2) is 29.3 Å². The molecule has 7 heteroatoms. The van der Waals surface area contributed by atoms with Gasteiger partial charge in [-0.25, -0.2) is 4.98 Å². The van der Waals surface area contributed by atoms with Gasteiger partial charge in [-0.1, -0.05) is 17.7 Å². The van der Waals surface area contributed by atoms with Crippen LogP contribution in [-0.2, 0) is 6.42 Å². The van der Waals surface area contributed by atoms with Crippen LogP contribution < -0.4 is 15.5 Å². The van der Waals surface area contributed by atoms with Gasteiger partial charge in [0.05, 0.1) is 10.7 Å². The van der Waals surface area contributed by atoms with Crippen molar-refractivity contribution in [2.24, 2.45) is 4.99 Å². The molecule has 1 atom stereocenters. The summed E-state index contributed by atoms with van der Waals surface area (Å²) < 4.78 is 0.